The lowest BCUT2D eigenvalue weighted by atomic mass is 10.1. The summed E-state index contributed by atoms with van der Waals surface area (Å²) in [6, 6.07) is 3.38. The highest BCUT2D eigenvalue weighted by Gasteiger charge is 2.07. The van der Waals surface area contributed by atoms with E-state index in [1.54, 1.807) is 0 Å². The summed E-state index contributed by atoms with van der Waals surface area (Å²) in [6.45, 7) is -0.213. The third-order valence-electron chi connectivity index (χ3n) is 1.65. The third kappa shape index (κ3) is 2.40. The highest BCUT2D eigenvalue weighted by molar-refractivity contribution is 5.92. The zero-order valence-electron chi connectivity index (χ0n) is 7.27. The summed E-state index contributed by atoms with van der Waals surface area (Å²) in [5.41, 5.74) is 0.252. The molecule has 1 aromatic rings. The fourth-order valence-electron chi connectivity index (χ4n) is 1.05. The lowest BCUT2D eigenvalue weighted by Gasteiger charge is -2.00. The van der Waals surface area contributed by atoms with Crippen molar-refractivity contribution in [2.24, 2.45) is 0 Å². The summed E-state index contributed by atoms with van der Waals surface area (Å²) in [5.74, 6) is -1.63. The molecule has 0 aromatic heterocycles. The van der Waals surface area contributed by atoms with Crippen molar-refractivity contribution in [3.63, 3.8) is 0 Å². The quantitative estimate of drug-likeness (QED) is 0.770. The molecule has 0 spiro atoms. The number of hydrogen-bond acceptors (Lipinski definition) is 2. The average molecular weight is 196 g/mol. The van der Waals surface area contributed by atoms with Gasteiger partial charge in [0.15, 0.2) is 0 Å². The summed E-state index contributed by atoms with van der Waals surface area (Å²) in [7, 11) is 0. The smallest absolute Gasteiger partial charge is 0.336 e. The number of carboxylic acid groups (broad SMARTS) is 1. The first-order chi connectivity index (χ1) is 6.65. The predicted molar refractivity (Wildman–Crippen MR) is 49.5 cm³/mol. The van der Waals surface area contributed by atoms with Crippen molar-refractivity contribution in [1.29, 1.82) is 0 Å². The molecule has 14 heavy (non-hydrogen) atoms. The Labute approximate surface area is 80.1 Å². The van der Waals surface area contributed by atoms with E-state index in [1.165, 1.54) is 18.2 Å². The molecule has 0 saturated heterocycles. The van der Waals surface area contributed by atoms with Crippen LogP contribution in [0.3, 0.4) is 0 Å². The lowest BCUT2D eigenvalue weighted by molar-refractivity contribution is 0.0696. The molecule has 0 bridgehead atoms. The van der Waals surface area contributed by atoms with Crippen molar-refractivity contribution in [1.82, 2.24) is 0 Å². The minimum absolute atomic E-state index is 0.0103. The number of aliphatic hydroxyl groups is 1. The Hall–Kier alpha value is -1.68. The summed E-state index contributed by atoms with van der Waals surface area (Å²) in [4.78, 5) is 10.7. The molecule has 74 valence electrons. The minimum atomic E-state index is -1.12. The van der Waals surface area contributed by atoms with E-state index in [2.05, 4.69) is 0 Å². The van der Waals surface area contributed by atoms with Gasteiger partial charge in [0.05, 0.1) is 12.2 Å². The van der Waals surface area contributed by atoms with E-state index < -0.39 is 11.8 Å². The molecule has 0 saturated carbocycles. The maximum atomic E-state index is 12.7. The van der Waals surface area contributed by atoms with Crippen molar-refractivity contribution in [3.05, 3.63) is 41.2 Å². The molecular formula is C10H9FO3. The monoisotopic (exact) mass is 196 g/mol. The highest BCUT2D eigenvalue weighted by atomic mass is 19.1. The Morgan fingerprint density at radius 1 is 1.50 bits per heavy atom. The molecule has 0 aliphatic rings. The molecular weight excluding hydrogens is 187 g/mol. The largest absolute Gasteiger partial charge is 0.478 e. The SMILES string of the molecule is O=C(O)c1ccc(F)cc1C=CCO. The molecule has 0 unspecified atom stereocenters. The van der Waals surface area contributed by atoms with Gasteiger partial charge in [-0.05, 0) is 23.8 Å². The van der Waals surface area contributed by atoms with Crippen LogP contribution in [0.15, 0.2) is 24.3 Å². The normalized spacial score (nSPS) is 10.7. The van der Waals surface area contributed by atoms with E-state index in [0.717, 1.165) is 12.1 Å². The van der Waals surface area contributed by atoms with Crippen LogP contribution in [0, 0.1) is 5.82 Å². The standard InChI is InChI=1S/C10H9FO3/c11-8-3-4-9(10(13)14)7(6-8)2-1-5-12/h1-4,6,12H,5H2,(H,13,14). The summed E-state index contributed by atoms with van der Waals surface area (Å²) >= 11 is 0. The van der Waals surface area contributed by atoms with Crippen LogP contribution in [0.1, 0.15) is 15.9 Å². The van der Waals surface area contributed by atoms with Crippen molar-refractivity contribution >= 4 is 12.0 Å². The van der Waals surface area contributed by atoms with Gasteiger partial charge < -0.3 is 10.2 Å². The number of hydrogen-bond donors (Lipinski definition) is 2. The van der Waals surface area contributed by atoms with E-state index in [4.69, 9.17) is 10.2 Å². The van der Waals surface area contributed by atoms with Crippen LogP contribution in [0.4, 0.5) is 4.39 Å². The maximum absolute atomic E-state index is 12.7. The van der Waals surface area contributed by atoms with E-state index in [-0.39, 0.29) is 17.7 Å². The summed E-state index contributed by atoms with van der Waals surface area (Å²) in [5, 5.41) is 17.2. The van der Waals surface area contributed by atoms with Crippen molar-refractivity contribution in [2.45, 2.75) is 0 Å². The first-order valence-electron chi connectivity index (χ1n) is 3.95. The topological polar surface area (TPSA) is 57.5 Å². The Kier molecular flexibility index (Phi) is 3.36. The van der Waals surface area contributed by atoms with E-state index >= 15 is 0 Å². The Bertz CT molecular complexity index is 372. The van der Waals surface area contributed by atoms with E-state index in [1.807, 2.05) is 0 Å². The van der Waals surface area contributed by atoms with Crippen LogP contribution in [-0.2, 0) is 0 Å². The van der Waals surface area contributed by atoms with Gasteiger partial charge in [0.25, 0.3) is 0 Å². The Morgan fingerprint density at radius 2 is 2.21 bits per heavy atom. The number of carboxylic acids is 1. The second kappa shape index (κ2) is 4.53. The number of carbonyl (C=O) groups is 1. The maximum Gasteiger partial charge on any atom is 0.336 e. The molecule has 0 heterocycles. The molecule has 2 N–H and O–H groups in total. The van der Waals surface area contributed by atoms with Crippen LogP contribution >= 0.6 is 0 Å². The van der Waals surface area contributed by atoms with Gasteiger partial charge in [-0.1, -0.05) is 12.2 Å². The Balaban J connectivity index is 3.15. The number of benzene rings is 1. The van der Waals surface area contributed by atoms with Crippen LogP contribution in [-0.4, -0.2) is 22.8 Å². The van der Waals surface area contributed by atoms with Crippen LogP contribution < -0.4 is 0 Å². The molecule has 1 aromatic carbocycles. The molecule has 0 amide bonds. The van der Waals surface area contributed by atoms with E-state index in [9.17, 15) is 9.18 Å². The van der Waals surface area contributed by atoms with Crippen molar-refractivity contribution in [3.8, 4) is 0 Å². The molecule has 0 radical (unpaired) electrons. The minimum Gasteiger partial charge on any atom is -0.478 e. The fourth-order valence-corrected chi connectivity index (χ4v) is 1.05. The fraction of sp³-hybridized carbons (Fsp3) is 0.100. The number of halogens is 1. The second-order valence-corrected chi connectivity index (χ2v) is 2.62. The third-order valence-corrected chi connectivity index (χ3v) is 1.65. The van der Waals surface area contributed by atoms with Crippen molar-refractivity contribution < 1.29 is 19.4 Å². The van der Waals surface area contributed by atoms with Gasteiger partial charge in [-0.15, -0.1) is 0 Å². The first kappa shape index (κ1) is 10.4. The highest BCUT2D eigenvalue weighted by Crippen LogP contribution is 2.13. The molecule has 0 atom stereocenters. The summed E-state index contributed by atoms with van der Waals surface area (Å²) < 4.78 is 12.7. The zero-order valence-corrected chi connectivity index (χ0v) is 7.27. The van der Waals surface area contributed by atoms with Gasteiger partial charge in [0.2, 0.25) is 0 Å². The van der Waals surface area contributed by atoms with Crippen LogP contribution in [0.5, 0.6) is 0 Å². The van der Waals surface area contributed by atoms with Gasteiger partial charge >= 0.3 is 5.97 Å². The number of aliphatic hydroxyl groups excluding tert-OH is 1. The zero-order chi connectivity index (χ0) is 10.6. The van der Waals surface area contributed by atoms with Gasteiger partial charge in [0.1, 0.15) is 5.82 Å². The van der Waals surface area contributed by atoms with Gasteiger partial charge in [0, 0.05) is 0 Å². The molecule has 3 nitrogen and oxygen atoms in total. The second-order valence-electron chi connectivity index (χ2n) is 2.62. The summed E-state index contributed by atoms with van der Waals surface area (Å²) in [6.07, 6.45) is 2.72. The Morgan fingerprint density at radius 3 is 2.79 bits per heavy atom. The molecule has 0 aliphatic carbocycles. The molecule has 1 rings (SSSR count). The van der Waals surface area contributed by atoms with Crippen molar-refractivity contribution in [2.75, 3.05) is 6.61 Å². The molecule has 0 aliphatic heterocycles. The van der Waals surface area contributed by atoms with E-state index in [0.29, 0.717) is 0 Å². The molecule has 4 heteroatoms. The number of aromatic carboxylic acids is 1. The van der Waals surface area contributed by atoms with Crippen LogP contribution in [0.2, 0.25) is 0 Å². The molecule has 0 fully saturated rings. The van der Waals surface area contributed by atoms with Gasteiger partial charge in [-0.2, -0.15) is 0 Å². The number of rotatable bonds is 3. The lowest BCUT2D eigenvalue weighted by Crippen LogP contribution is -1.99. The van der Waals surface area contributed by atoms with Gasteiger partial charge in [-0.3, -0.25) is 0 Å². The van der Waals surface area contributed by atoms with Crippen LogP contribution in [0.25, 0.3) is 6.08 Å². The van der Waals surface area contributed by atoms with Gasteiger partial charge in [-0.25, -0.2) is 9.18 Å². The first-order valence-corrected chi connectivity index (χ1v) is 3.95. The average Bonchev–Trinajstić information content (AvgIpc) is 2.14. The predicted octanol–water partition coefficient (Wildman–Crippen LogP) is 1.53.